The molecule has 0 unspecified atom stereocenters. The van der Waals surface area contributed by atoms with Crippen LogP contribution in [0.5, 0.6) is 0 Å². The third-order valence-electron chi connectivity index (χ3n) is 7.38. The topological polar surface area (TPSA) is 0 Å². The van der Waals surface area contributed by atoms with Gasteiger partial charge in [0.15, 0.2) is 0 Å². The van der Waals surface area contributed by atoms with Crippen LogP contribution < -0.4 is 24.8 Å². The molecule has 1 aliphatic rings. The van der Waals surface area contributed by atoms with E-state index in [0.717, 1.165) is 6.42 Å². The normalized spacial score (nSPS) is 11.3. The van der Waals surface area contributed by atoms with Gasteiger partial charge in [0, 0.05) is 0 Å². The fourth-order valence-electron chi connectivity index (χ4n) is 5.42. The molecule has 5 aromatic carbocycles. The van der Waals surface area contributed by atoms with Crippen molar-refractivity contribution in [2.75, 3.05) is 0 Å². The van der Waals surface area contributed by atoms with Crippen LogP contribution >= 0.6 is 0 Å². The van der Waals surface area contributed by atoms with E-state index in [1.54, 1.807) is 0 Å². The van der Waals surface area contributed by atoms with E-state index in [1.165, 1.54) is 79.9 Å². The van der Waals surface area contributed by atoms with Crippen molar-refractivity contribution in [3.8, 4) is 33.4 Å². The number of hydrogen-bond acceptors (Lipinski definition) is 0. The van der Waals surface area contributed by atoms with Crippen molar-refractivity contribution < 1.29 is 49.0 Å². The Morgan fingerprint density at radius 1 is 0.619 bits per heavy atom. The van der Waals surface area contributed by atoms with Crippen LogP contribution in [-0.4, -0.2) is 4.21 Å². The number of rotatable bonds is 2. The molecule has 216 valence electrons. The average molecular weight is 671 g/mol. The molecule has 42 heavy (non-hydrogen) atoms. The van der Waals surface area contributed by atoms with Gasteiger partial charge in [0.1, 0.15) is 0 Å². The molecule has 0 amide bonds. The van der Waals surface area contributed by atoms with Crippen molar-refractivity contribution in [2.45, 2.75) is 58.8 Å². The number of halogens is 2. The molecule has 0 fully saturated rings. The molecule has 6 rings (SSSR count). The molecular formula is C39H40Cl2Zr-2. The SMILES string of the molecule is CC(C)(C)c1cc2c([c-]c1-c1ccccc1)Cc1cc(-c3ccccc3)c(C(C)(C)C)cc1-2.[CH2]=[Zr+2].[Cl-].[Cl-].c1cc[cH-]c1. The molecule has 0 atom stereocenters. The van der Waals surface area contributed by atoms with Crippen LogP contribution in [0.3, 0.4) is 0 Å². The molecule has 0 aromatic heterocycles. The first-order valence-corrected chi connectivity index (χ1v) is 15.8. The average Bonchev–Trinajstić information content (AvgIpc) is 3.64. The van der Waals surface area contributed by atoms with Gasteiger partial charge in [-0.2, -0.15) is 18.2 Å². The summed E-state index contributed by atoms with van der Waals surface area (Å²) in [6.45, 7) is 13.9. The Morgan fingerprint density at radius 2 is 1.12 bits per heavy atom. The third kappa shape index (κ3) is 8.14. The summed E-state index contributed by atoms with van der Waals surface area (Å²) in [5.74, 6) is 0. The summed E-state index contributed by atoms with van der Waals surface area (Å²) in [6, 6.07) is 42.8. The van der Waals surface area contributed by atoms with Crippen LogP contribution in [0, 0.1) is 6.07 Å². The Bertz CT molecular complexity index is 1420. The standard InChI is InChI=1S/C33H33.C5H5.CH2.2ClH.Zr/c1-32(2,3)30-20-26-24(18-28(30)22-13-9-7-10-14-22)17-25-19-29(23-15-11-8-12-16-23)31(21-27(25)26)33(4,5)6;1-2-4-5-3-1;;;;/h7-16,18,20-21H,17H2,1-6H3;1-5H;1H2;2*1H;/q2*-1;;;;+2/p-2. The van der Waals surface area contributed by atoms with Gasteiger partial charge in [0.25, 0.3) is 0 Å². The van der Waals surface area contributed by atoms with Crippen molar-refractivity contribution in [3.63, 3.8) is 0 Å². The van der Waals surface area contributed by atoms with Gasteiger partial charge >= 0.3 is 28.4 Å². The Hall–Kier alpha value is -2.44. The van der Waals surface area contributed by atoms with E-state index in [4.69, 9.17) is 0 Å². The minimum Gasteiger partial charge on any atom is -1.00 e. The van der Waals surface area contributed by atoms with Crippen LogP contribution in [-0.2, 0) is 41.5 Å². The first-order valence-electron chi connectivity index (χ1n) is 14.0. The van der Waals surface area contributed by atoms with E-state index in [0.29, 0.717) is 0 Å². The summed E-state index contributed by atoms with van der Waals surface area (Å²) >= 11 is 1.30. The second-order valence-corrected chi connectivity index (χ2v) is 12.4. The van der Waals surface area contributed by atoms with E-state index in [9.17, 15) is 0 Å². The summed E-state index contributed by atoms with van der Waals surface area (Å²) in [6.07, 6.45) is 0.944. The predicted molar refractivity (Wildman–Crippen MR) is 171 cm³/mol. The zero-order chi connectivity index (χ0) is 28.9. The summed E-state index contributed by atoms with van der Waals surface area (Å²) in [7, 11) is 0. The minimum absolute atomic E-state index is 0. The quantitative estimate of drug-likeness (QED) is 0.241. The fourth-order valence-corrected chi connectivity index (χ4v) is 5.42. The maximum absolute atomic E-state index is 3.88. The van der Waals surface area contributed by atoms with E-state index >= 15 is 0 Å². The second-order valence-electron chi connectivity index (χ2n) is 12.4. The smallest absolute Gasteiger partial charge is 0.172 e. The maximum atomic E-state index is 3.88. The molecule has 0 saturated carbocycles. The van der Waals surface area contributed by atoms with Crippen molar-refractivity contribution in [1.82, 2.24) is 0 Å². The fraction of sp³-hybridized carbons (Fsp3) is 0.231. The molecule has 0 N–H and O–H groups in total. The van der Waals surface area contributed by atoms with Crippen molar-refractivity contribution >= 4 is 4.21 Å². The zero-order valence-electron chi connectivity index (χ0n) is 25.6. The predicted octanol–water partition coefficient (Wildman–Crippen LogP) is 4.37. The molecule has 0 saturated heterocycles. The van der Waals surface area contributed by atoms with Gasteiger partial charge in [-0.05, 0) is 39.5 Å². The van der Waals surface area contributed by atoms with Crippen LogP contribution in [0.2, 0.25) is 0 Å². The Balaban J connectivity index is 0.000000612. The Morgan fingerprint density at radius 3 is 1.60 bits per heavy atom. The molecule has 0 radical (unpaired) electrons. The number of fused-ring (bicyclic) bond motifs is 3. The zero-order valence-corrected chi connectivity index (χ0v) is 29.5. The molecule has 0 heterocycles. The van der Waals surface area contributed by atoms with Gasteiger partial charge in [-0.25, -0.2) is 12.1 Å². The first-order chi connectivity index (χ1) is 19.1. The molecule has 0 nitrogen and oxygen atoms in total. The van der Waals surface area contributed by atoms with Gasteiger partial charge in [-0.15, -0.1) is 28.8 Å². The van der Waals surface area contributed by atoms with Crippen LogP contribution in [0.1, 0.15) is 63.8 Å². The Labute approximate surface area is 281 Å². The first kappa shape index (κ1) is 35.8. The largest absolute Gasteiger partial charge is 1.00 e. The van der Waals surface area contributed by atoms with E-state index in [-0.39, 0.29) is 35.6 Å². The summed E-state index contributed by atoms with van der Waals surface area (Å²) < 4.78 is 3.34. The molecule has 0 bridgehead atoms. The van der Waals surface area contributed by atoms with Crippen molar-refractivity contribution in [1.29, 1.82) is 0 Å². The molecule has 3 heteroatoms. The monoisotopic (exact) mass is 668 g/mol. The molecule has 0 spiro atoms. The number of hydrogen-bond donors (Lipinski definition) is 0. The summed E-state index contributed by atoms with van der Waals surface area (Å²) in [4.78, 5) is 0. The van der Waals surface area contributed by atoms with Gasteiger partial charge in [-0.1, -0.05) is 131 Å². The van der Waals surface area contributed by atoms with E-state index in [1.807, 2.05) is 30.3 Å². The minimum atomic E-state index is 0. The summed E-state index contributed by atoms with van der Waals surface area (Å²) in [5, 5.41) is 0. The van der Waals surface area contributed by atoms with Crippen molar-refractivity contribution in [2.24, 2.45) is 0 Å². The van der Waals surface area contributed by atoms with Crippen LogP contribution in [0.25, 0.3) is 33.4 Å². The van der Waals surface area contributed by atoms with Gasteiger partial charge in [0.05, 0.1) is 0 Å². The summed E-state index contributed by atoms with van der Waals surface area (Å²) in [5.41, 5.74) is 13.5. The van der Waals surface area contributed by atoms with E-state index in [2.05, 4.69) is 131 Å². The maximum Gasteiger partial charge on any atom is -0.172 e. The molecular weight excluding hydrogens is 631 g/mol. The molecule has 0 aliphatic heterocycles. The Kier molecular flexibility index (Phi) is 13.1. The molecule has 5 aromatic rings. The van der Waals surface area contributed by atoms with Crippen LogP contribution in [0.15, 0.2) is 109 Å². The third-order valence-corrected chi connectivity index (χ3v) is 7.38. The molecule has 1 aliphatic carbocycles. The van der Waals surface area contributed by atoms with E-state index < -0.39 is 0 Å². The second kappa shape index (κ2) is 15.3. The van der Waals surface area contributed by atoms with Gasteiger partial charge < -0.3 is 24.8 Å². The number of benzene rings is 4. The van der Waals surface area contributed by atoms with Crippen LogP contribution in [0.4, 0.5) is 0 Å². The van der Waals surface area contributed by atoms with Gasteiger partial charge in [-0.3, -0.25) is 0 Å². The van der Waals surface area contributed by atoms with Crippen molar-refractivity contribution in [3.05, 3.63) is 138 Å². The van der Waals surface area contributed by atoms with Gasteiger partial charge in [0.2, 0.25) is 0 Å².